The molecule has 0 bridgehead atoms. The summed E-state index contributed by atoms with van der Waals surface area (Å²) < 4.78 is 19.5. The van der Waals surface area contributed by atoms with E-state index in [1.807, 2.05) is 0 Å². The fraction of sp³-hybridized carbons (Fsp3) is 0.0714. The smallest absolute Gasteiger partial charge is 0.150 e. The number of aldehydes is 1. The summed E-state index contributed by atoms with van der Waals surface area (Å²) in [6.07, 6.45) is 0.753. The molecule has 0 atom stereocenters. The van der Waals surface area contributed by atoms with Gasteiger partial charge in [-0.1, -0.05) is 17.7 Å². The lowest BCUT2D eigenvalue weighted by Gasteiger charge is -2.09. The van der Waals surface area contributed by atoms with Crippen molar-refractivity contribution in [3.8, 4) is 5.75 Å². The second-order valence-electron chi connectivity index (χ2n) is 3.84. The van der Waals surface area contributed by atoms with Crippen molar-refractivity contribution < 1.29 is 13.9 Å². The van der Waals surface area contributed by atoms with Crippen LogP contribution in [-0.4, -0.2) is 6.29 Å². The molecule has 2 nitrogen and oxygen atoms in total. The van der Waals surface area contributed by atoms with Crippen molar-refractivity contribution in [1.29, 1.82) is 0 Å². The number of halogens is 3. The summed E-state index contributed by atoms with van der Waals surface area (Å²) in [4.78, 5) is 10.6. The van der Waals surface area contributed by atoms with Crippen molar-refractivity contribution in [2.75, 3.05) is 0 Å². The number of ether oxygens (including phenoxy) is 1. The average molecular weight is 344 g/mol. The number of benzene rings is 2. The lowest BCUT2D eigenvalue weighted by Crippen LogP contribution is -1.97. The molecule has 5 heteroatoms. The third kappa shape index (κ3) is 3.55. The van der Waals surface area contributed by atoms with Gasteiger partial charge in [-0.2, -0.15) is 0 Å². The highest BCUT2D eigenvalue weighted by molar-refractivity contribution is 9.10. The Labute approximate surface area is 123 Å². The van der Waals surface area contributed by atoms with Crippen molar-refractivity contribution in [3.63, 3.8) is 0 Å². The number of carbonyl (C=O) groups excluding carboxylic acids is 1. The summed E-state index contributed by atoms with van der Waals surface area (Å²) in [5.41, 5.74) is 1.23. The zero-order valence-electron chi connectivity index (χ0n) is 9.70. The minimum Gasteiger partial charge on any atom is -0.488 e. The number of carbonyl (C=O) groups is 1. The van der Waals surface area contributed by atoms with Gasteiger partial charge in [0.1, 0.15) is 24.5 Å². The van der Waals surface area contributed by atoms with Gasteiger partial charge in [0, 0.05) is 5.56 Å². The largest absolute Gasteiger partial charge is 0.488 e. The maximum absolute atomic E-state index is 13.2. The number of hydrogen-bond acceptors (Lipinski definition) is 2. The first-order valence-corrected chi connectivity index (χ1v) is 6.58. The highest BCUT2D eigenvalue weighted by Crippen LogP contribution is 2.26. The van der Waals surface area contributed by atoms with E-state index in [0.717, 1.165) is 6.29 Å². The Hall–Kier alpha value is -1.39. The Morgan fingerprint density at radius 2 is 2.05 bits per heavy atom. The van der Waals surface area contributed by atoms with Gasteiger partial charge < -0.3 is 4.74 Å². The normalized spacial score (nSPS) is 10.3. The van der Waals surface area contributed by atoms with Crippen LogP contribution in [0, 0.1) is 5.82 Å². The lowest BCUT2D eigenvalue weighted by molar-refractivity contribution is 0.112. The van der Waals surface area contributed by atoms with Gasteiger partial charge in [-0.15, -0.1) is 0 Å². The molecule has 0 saturated carbocycles. The van der Waals surface area contributed by atoms with Crippen LogP contribution in [0.4, 0.5) is 4.39 Å². The van der Waals surface area contributed by atoms with Crippen LogP contribution in [0.25, 0.3) is 0 Å². The van der Waals surface area contributed by atoms with Gasteiger partial charge >= 0.3 is 0 Å². The second kappa shape index (κ2) is 6.17. The molecule has 0 aliphatic rings. The summed E-state index contributed by atoms with van der Waals surface area (Å²) in [5.74, 6) is 0.110. The SMILES string of the molecule is O=Cc1ccc(OCc2ccc(Cl)c(F)c2)c(Br)c1. The standard InChI is InChI=1S/C14H9BrClFO2/c15-11-5-9(7-18)2-4-14(11)19-8-10-1-3-12(16)13(17)6-10/h1-7H,8H2. The van der Waals surface area contributed by atoms with Crippen LogP contribution in [0.2, 0.25) is 5.02 Å². The number of hydrogen-bond donors (Lipinski definition) is 0. The molecule has 2 aromatic rings. The van der Waals surface area contributed by atoms with Gasteiger partial charge in [0.2, 0.25) is 0 Å². The molecule has 19 heavy (non-hydrogen) atoms. The first-order chi connectivity index (χ1) is 9.10. The molecule has 0 spiro atoms. The fourth-order valence-corrected chi connectivity index (χ4v) is 2.13. The van der Waals surface area contributed by atoms with Gasteiger partial charge in [0.05, 0.1) is 9.50 Å². The molecular weight excluding hydrogens is 335 g/mol. The first kappa shape index (κ1) is 14.0. The van der Waals surface area contributed by atoms with Gasteiger partial charge in [-0.25, -0.2) is 4.39 Å². The topological polar surface area (TPSA) is 26.3 Å². The second-order valence-corrected chi connectivity index (χ2v) is 5.11. The highest BCUT2D eigenvalue weighted by atomic mass is 79.9. The van der Waals surface area contributed by atoms with Crippen LogP contribution in [0.5, 0.6) is 5.75 Å². The predicted molar refractivity (Wildman–Crippen MR) is 75.3 cm³/mol. The molecule has 0 aliphatic heterocycles. The maximum atomic E-state index is 13.2. The lowest BCUT2D eigenvalue weighted by atomic mass is 10.2. The van der Waals surface area contributed by atoms with E-state index in [2.05, 4.69) is 15.9 Å². The quantitative estimate of drug-likeness (QED) is 0.756. The van der Waals surface area contributed by atoms with E-state index in [1.165, 1.54) is 12.1 Å². The van der Waals surface area contributed by atoms with E-state index < -0.39 is 5.82 Å². The molecule has 2 aromatic carbocycles. The molecule has 0 aliphatic carbocycles. The summed E-state index contributed by atoms with van der Waals surface area (Å²) in [6, 6.07) is 9.50. The minimum atomic E-state index is -0.474. The van der Waals surface area contributed by atoms with Gasteiger partial charge in [-0.05, 0) is 51.8 Å². The molecule has 0 heterocycles. The number of rotatable bonds is 4. The van der Waals surface area contributed by atoms with Gasteiger partial charge in [-0.3, -0.25) is 4.79 Å². The summed E-state index contributed by atoms with van der Waals surface area (Å²) in [5, 5.41) is 0.0836. The summed E-state index contributed by atoms with van der Waals surface area (Å²) >= 11 is 8.91. The summed E-state index contributed by atoms with van der Waals surface area (Å²) in [6.45, 7) is 0.215. The molecule has 0 amide bonds. The Kier molecular flexibility index (Phi) is 4.56. The van der Waals surface area contributed by atoms with Gasteiger partial charge in [0.15, 0.2) is 0 Å². The zero-order valence-corrected chi connectivity index (χ0v) is 12.0. The van der Waals surface area contributed by atoms with Crippen LogP contribution in [0.15, 0.2) is 40.9 Å². The first-order valence-electron chi connectivity index (χ1n) is 5.41. The molecule has 2 rings (SSSR count). The Morgan fingerprint density at radius 3 is 2.68 bits per heavy atom. The molecule has 0 radical (unpaired) electrons. The molecule has 98 valence electrons. The van der Waals surface area contributed by atoms with Crippen LogP contribution in [-0.2, 0) is 6.61 Å². The third-order valence-electron chi connectivity index (χ3n) is 2.47. The summed E-state index contributed by atoms with van der Waals surface area (Å²) in [7, 11) is 0. The van der Waals surface area contributed by atoms with Crippen molar-refractivity contribution in [2.24, 2.45) is 0 Å². The molecule has 0 aromatic heterocycles. The molecule has 0 saturated heterocycles. The average Bonchev–Trinajstić information content (AvgIpc) is 2.41. The van der Waals surface area contributed by atoms with Crippen LogP contribution in [0.1, 0.15) is 15.9 Å². The van der Waals surface area contributed by atoms with Crippen LogP contribution in [0.3, 0.4) is 0 Å². The molecule has 0 N–H and O–H groups in total. The van der Waals surface area contributed by atoms with Crippen molar-refractivity contribution >= 4 is 33.8 Å². The van der Waals surface area contributed by atoms with Crippen molar-refractivity contribution in [2.45, 2.75) is 6.61 Å². The zero-order chi connectivity index (χ0) is 13.8. The van der Waals surface area contributed by atoms with E-state index in [4.69, 9.17) is 16.3 Å². The van der Waals surface area contributed by atoms with Crippen molar-refractivity contribution in [1.82, 2.24) is 0 Å². The van der Waals surface area contributed by atoms with E-state index in [0.29, 0.717) is 21.3 Å². The Bertz CT molecular complexity index is 616. The van der Waals surface area contributed by atoms with Crippen LogP contribution >= 0.6 is 27.5 Å². The molecule has 0 fully saturated rings. The fourth-order valence-electron chi connectivity index (χ4n) is 1.50. The van der Waals surface area contributed by atoms with E-state index >= 15 is 0 Å². The monoisotopic (exact) mass is 342 g/mol. The third-order valence-corrected chi connectivity index (χ3v) is 3.40. The van der Waals surface area contributed by atoms with Gasteiger partial charge in [0.25, 0.3) is 0 Å². The maximum Gasteiger partial charge on any atom is 0.150 e. The minimum absolute atomic E-state index is 0.0836. The Balaban J connectivity index is 2.09. The van der Waals surface area contributed by atoms with Crippen molar-refractivity contribution in [3.05, 3.63) is 62.8 Å². The highest BCUT2D eigenvalue weighted by Gasteiger charge is 2.05. The van der Waals surface area contributed by atoms with E-state index in [1.54, 1.807) is 24.3 Å². The Morgan fingerprint density at radius 1 is 1.26 bits per heavy atom. The molecular formula is C14H9BrClFO2. The van der Waals surface area contributed by atoms with E-state index in [-0.39, 0.29) is 11.6 Å². The van der Waals surface area contributed by atoms with Crippen LogP contribution < -0.4 is 4.74 Å². The predicted octanol–water partition coefficient (Wildman–Crippen LogP) is 4.63. The molecule has 0 unspecified atom stereocenters. The van der Waals surface area contributed by atoms with E-state index in [9.17, 15) is 9.18 Å².